The van der Waals surface area contributed by atoms with E-state index in [1.54, 1.807) is 24.3 Å². The van der Waals surface area contributed by atoms with Gasteiger partial charge in [-0.15, -0.1) is 0 Å². The van der Waals surface area contributed by atoms with Crippen LogP contribution in [0.3, 0.4) is 0 Å². The number of carbonyl (C=O) groups excluding carboxylic acids is 1. The number of alkyl halides is 3. The molecule has 1 aromatic rings. The number of aliphatic hydroxyl groups is 1. The van der Waals surface area contributed by atoms with Crippen molar-refractivity contribution in [1.29, 1.82) is 0 Å². The molecular weight excluding hydrogens is 395 g/mol. The molecule has 3 N–H and O–H groups in total. The molecule has 10 heteroatoms. The Bertz CT molecular complexity index is 710. The third-order valence-corrected chi connectivity index (χ3v) is 4.95. The van der Waals surface area contributed by atoms with Crippen molar-refractivity contribution in [1.82, 2.24) is 10.6 Å². The van der Waals surface area contributed by atoms with E-state index < -0.39 is 34.9 Å². The van der Waals surface area contributed by atoms with Crippen molar-refractivity contribution in [3.8, 4) is 0 Å². The summed E-state index contributed by atoms with van der Waals surface area (Å²) < 4.78 is 45.9. The highest BCUT2D eigenvalue weighted by molar-refractivity contribution is 7.80. The van der Waals surface area contributed by atoms with Crippen LogP contribution in [0, 0.1) is 5.92 Å². The molecular formula is C18H24F3N3O3S. The quantitative estimate of drug-likeness (QED) is 0.483. The van der Waals surface area contributed by atoms with Crippen LogP contribution in [-0.4, -0.2) is 47.8 Å². The zero-order valence-corrected chi connectivity index (χ0v) is 16.7. The van der Waals surface area contributed by atoms with Crippen LogP contribution in [0.2, 0.25) is 0 Å². The summed E-state index contributed by atoms with van der Waals surface area (Å²) in [4.78, 5) is 14.5. The lowest BCUT2D eigenvalue weighted by Crippen LogP contribution is -2.73. The monoisotopic (exact) mass is 419 g/mol. The lowest BCUT2D eigenvalue weighted by molar-refractivity contribution is -0.292. The van der Waals surface area contributed by atoms with Gasteiger partial charge in [-0.05, 0) is 50.7 Å². The molecule has 0 aliphatic carbocycles. The minimum absolute atomic E-state index is 0.124. The van der Waals surface area contributed by atoms with Crippen molar-refractivity contribution in [2.75, 3.05) is 24.6 Å². The minimum Gasteiger partial charge on any atom is -0.466 e. The van der Waals surface area contributed by atoms with Gasteiger partial charge in [-0.2, -0.15) is 13.2 Å². The van der Waals surface area contributed by atoms with E-state index in [4.69, 9.17) is 17.0 Å². The molecule has 6 nitrogen and oxygen atoms in total. The van der Waals surface area contributed by atoms with Crippen molar-refractivity contribution in [3.05, 3.63) is 29.8 Å². The van der Waals surface area contributed by atoms with Crippen LogP contribution in [0.4, 0.5) is 18.9 Å². The Labute approximate surface area is 167 Å². The number of nitrogens with one attached hydrogen (secondary N) is 2. The van der Waals surface area contributed by atoms with Gasteiger partial charge in [0.15, 0.2) is 5.11 Å². The molecule has 0 saturated carbocycles. The molecule has 0 spiro atoms. The zero-order chi connectivity index (χ0) is 21.1. The molecule has 1 aromatic carbocycles. The number of thiocarbonyl (C=S) groups is 1. The highest BCUT2D eigenvalue weighted by atomic mass is 32.1. The topological polar surface area (TPSA) is 73.8 Å². The average Bonchev–Trinajstić information content (AvgIpc) is 2.62. The smallest absolute Gasteiger partial charge is 0.437 e. The van der Waals surface area contributed by atoms with Gasteiger partial charge in [-0.3, -0.25) is 4.79 Å². The third-order valence-electron chi connectivity index (χ3n) is 4.73. The molecule has 0 radical (unpaired) electrons. The molecule has 2 rings (SSSR count). The first-order valence-corrected chi connectivity index (χ1v) is 9.39. The Morgan fingerprint density at radius 1 is 1.25 bits per heavy atom. The molecule has 1 heterocycles. The number of hydrogen-bond donors (Lipinski definition) is 3. The van der Waals surface area contributed by atoms with E-state index in [0.717, 1.165) is 18.8 Å². The van der Waals surface area contributed by atoms with E-state index in [1.807, 2.05) is 19.2 Å². The maximum atomic E-state index is 13.7. The summed E-state index contributed by atoms with van der Waals surface area (Å²) in [6, 6.07) is 5.52. The molecule has 0 amide bonds. The minimum atomic E-state index is -5.16. The molecule has 0 unspecified atom stereocenters. The van der Waals surface area contributed by atoms with Gasteiger partial charge in [0.2, 0.25) is 0 Å². The van der Waals surface area contributed by atoms with E-state index in [2.05, 4.69) is 10.2 Å². The second-order valence-electron chi connectivity index (χ2n) is 6.33. The summed E-state index contributed by atoms with van der Waals surface area (Å²) in [5.74, 6) is -3.17. The van der Waals surface area contributed by atoms with Gasteiger partial charge in [-0.25, -0.2) is 0 Å². The van der Waals surface area contributed by atoms with Crippen molar-refractivity contribution in [2.45, 2.75) is 38.7 Å². The van der Waals surface area contributed by atoms with Gasteiger partial charge in [0, 0.05) is 18.8 Å². The van der Waals surface area contributed by atoms with E-state index >= 15 is 0 Å². The SMILES string of the molecule is CCOC(=O)[C@@H]1[C@@H](c2ccc(N(CC)CC)cc2)NC(=S)N[C@]1(O)C(F)(F)F. The fourth-order valence-corrected chi connectivity index (χ4v) is 3.58. The fraction of sp³-hybridized carbons (Fsp3) is 0.556. The first kappa shape index (κ1) is 22.2. The Kier molecular flexibility index (Phi) is 6.76. The average molecular weight is 419 g/mol. The van der Waals surface area contributed by atoms with Gasteiger partial charge in [-0.1, -0.05) is 12.1 Å². The van der Waals surface area contributed by atoms with E-state index in [1.165, 1.54) is 6.92 Å². The van der Waals surface area contributed by atoms with E-state index in [-0.39, 0.29) is 6.61 Å². The number of hydrogen-bond acceptors (Lipinski definition) is 5. The lowest BCUT2D eigenvalue weighted by atomic mass is 9.82. The number of rotatable bonds is 6. The third kappa shape index (κ3) is 4.17. The normalized spacial score (nSPS) is 24.9. The fourth-order valence-electron chi connectivity index (χ4n) is 3.30. The molecule has 28 heavy (non-hydrogen) atoms. The predicted molar refractivity (Wildman–Crippen MR) is 103 cm³/mol. The summed E-state index contributed by atoms with van der Waals surface area (Å²) >= 11 is 4.87. The molecule has 0 aromatic heterocycles. The number of nitrogens with zero attached hydrogens (tertiary/aromatic N) is 1. The second kappa shape index (κ2) is 8.52. The number of benzene rings is 1. The summed E-state index contributed by atoms with van der Waals surface area (Å²) in [6.45, 7) is 6.87. The van der Waals surface area contributed by atoms with E-state index in [9.17, 15) is 23.1 Å². The highest BCUT2D eigenvalue weighted by Gasteiger charge is 2.66. The van der Waals surface area contributed by atoms with Crippen LogP contribution in [-0.2, 0) is 9.53 Å². The molecule has 1 saturated heterocycles. The Morgan fingerprint density at radius 2 is 1.82 bits per heavy atom. The van der Waals surface area contributed by atoms with Crippen LogP contribution >= 0.6 is 12.2 Å². The van der Waals surface area contributed by atoms with Crippen molar-refractivity contribution in [2.24, 2.45) is 5.92 Å². The van der Waals surface area contributed by atoms with Gasteiger partial charge in [0.05, 0.1) is 12.6 Å². The molecule has 1 aliphatic heterocycles. The summed E-state index contributed by atoms with van der Waals surface area (Å²) in [5, 5.41) is 14.5. The number of halogens is 3. The standard InChI is InChI=1S/C18H24F3N3O3S/c1-4-24(5-2)12-9-7-11(8-10-12)14-13(15(25)27-6-3)17(26,18(19,20)21)23-16(28)22-14/h7-10,13-14,26H,4-6H2,1-3H3,(H2,22,23,28)/t13-,14+,17+/m0/s1. The summed E-state index contributed by atoms with van der Waals surface area (Å²) in [5.41, 5.74) is -2.28. The van der Waals surface area contributed by atoms with Crippen molar-refractivity contribution in [3.63, 3.8) is 0 Å². The maximum Gasteiger partial charge on any atom is 0.437 e. The van der Waals surface area contributed by atoms with Gasteiger partial charge >= 0.3 is 12.1 Å². The van der Waals surface area contributed by atoms with Crippen LogP contribution in [0.15, 0.2) is 24.3 Å². The number of ether oxygens (including phenoxy) is 1. The number of carbonyl (C=O) groups is 1. The van der Waals surface area contributed by atoms with Crippen LogP contribution in [0.25, 0.3) is 0 Å². The van der Waals surface area contributed by atoms with Crippen LogP contribution < -0.4 is 15.5 Å². The summed E-state index contributed by atoms with van der Waals surface area (Å²) in [6.07, 6.45) is -5.16. The van der Waals surface area contributed by atoms with E-state index in [0.29, 0.717) is 5.56 Å². The number of anilines is 1. The molecule has 0 bridgehead atoms. The largest absolute Gasteiger partial charge is 0.466 e. The Hall–Kier alpha value is -2.07. The van der Waals surface area contributed by atoms with Crippen molar-refractivity contribution < 1.29 is 27.8 Å². The Balaban J connectivity index is 2.49. The predicted octanol–water partition coefficient (Wildman–Crippen LogP) is 2.48. The molecule has 1 fully saturated rings. The highest BCUT2D eigenvalue weighted by Crippen LogP contribution is 2.43. The van der Waals surface area contributed by atoms with Crippen LogP contribution in [0.5, 0.6) is 0 Å². The second-order valence-corrected chi connectivity index (χ2v) is 6.74. The van der Waals surface area contributed by atoms with Gasteiger partial charge in [0.25, 0.3) is 5.72 Å². The number of esters is 1. The van der Waals surface area contributed by atoms with Gasteiger partial charge in [0.1, 0.15) is 5.92 Å². The zero-order valence-electron chi connectivity index (χ0n) is 15.8. The van der Waals surface area contributed by atoms with Crippen LogP contribution in [0.1, 0.15) is 32.4 Å². The van der Waals surface area contributed by atoms with Crippen molar-refractivity contribution >= 4 is 29.0 Å². The molecule has 3 atom stereocenters. The first-order chi connectivity index (χ1) is 13.1. The molecule has 156 valence electrons. The lowest BCUT2D eigenvalue weighted by Gasteiger charge is -2.45. The molecule has 1 aliphatic rings. The maximum absolute atomic E-state index is 13.7. The first-order valence-electron chi connectivity index (χ1n) is 8.98. The Morgan fingerprint density at radius 3 is 2.29 bits per heavy atom. The summed E-state index contributed by atoms with van der Waals surface area (Å²) in [7, 11) is 0. The van der Waals surface area contributed by atoms with Gasteiger partial charge < -0.3 is 25.4 Å².